The van der Waals surface area contributed by atoms with Crippen molar-refractivity contribution in [2.45, 2.75) is 70.6 Å². The van der Waals surface area contributed by atoms with Crippen LogP contribution >= 0.6 is 0 Å². The van der Waals surface area contributed by atoms with Crippen LogP contribution in [0.1, 0.15) is 53.4 Å². The number of hydrogen-bond acceptors (Lipinski definition) is 5. The van der Waals surface area contributed by atoms with Crippen molar-refractivity contribution in [3.63, 3.8) is 0 Å². The first-order valence-corrected chi connectivity index (χ1v) is 10.3. The van der Waals surface area contributed by atoms with E-state index in [0.29, 0.717) is 18.9 Å². The molecule has 0 radical (unpaired) electrons. The number of sulfone groups is 1. The van der Waals surface area contributed by atoms with Crippen molar-refractivity contribution < 1.29 is 17.9 Å². The van der Waals surface area contributed by atoms with E-state index in [1.54, 1.807) is 0 Å². The maximum absolute atomic E-state index is 11.8. The zero-order chi connectivity index (χ0) is 17.3. The Morgan fingerprint density at radius 3 is 2.57 bits per heavy atom. The van der Waals surface area contributed by atoms with Gasteiger partial charge in [0.2, 0.25) is 0 Å². The van der Waals surface area contributed by atoms with Gasteiger partial charge in [-0.2, -0.15) is 0 Å². The first kappa shape index (κ1) is 18.5. The highest BCUT2D eigenvalue weighted by molar-refractivity contribution is 7.91. The maximum Gasteiger partial charge on any atom is 0.407 e. The van der Waals surface area contributed by atoms with Crippen LogP contribution < -0.4 is 10.6 Å². The Balaban J connectivity index is 1.85. The number of ether oxygens (including phenoxy) is 1. The van der Waals surface area contributed by atoms with Crippen LogP contribution in [0.15, 0.2) is 0 Å². The maximum atomic E-state index is 11.8. The molecule has 3 atom stereocenters. The summed E-state index contributed by atoms with van der Waals surface area (Å²) in [7, 11) is -2.91. The Morgan fingerprint density at radius 1 is 1.30 bits per heavy atom. The Labute approximate surface area is 139 Å². The first-order valence-electron chi connectivity index (χ1n) is 8.43. The van der Waals surface area contributed by atoms with E-state index in [-0.39, 0.29) is 23.1 Å². The van der Waals surface area contributed by atoms with Gasteiger partial charge in [0.25, 0.3) is 0 Å². The lowest BCUT2D eigenvalue weighted by Gasteiger charge is -2.32. The molecule has 0 spiro atoms. The molecular formula is C16H30N2O4S. The zero-order valence-corrected chi connectivity index (χ0v) is 15.5. The summed E-state index contributed by atoms with van der Waals surface area (Å²) in [4.78, 5) is 11.8. The van der Waals surface area contributed by atoms with E-state index >= 15 is 0 Å². The number of hydrogen-bond donors (Lipinski definition) is 2. The fourth-order valence-corrected chi connectivity index (χ4v) is 5.68. The monoisotopic (exact) mass is 346 g/mol. The highest BCUT2D eigenvalue weighted by atomic mass is 32.2. The van der Waals surface area contributed by atoms with Gasteiger partial charge in [-0.25, -0.2) is 13.2 Å². The molecule has 134 valence electrons. The molecule has 6 nitrogen and oxygen atoms in total. The van der Waals surface area contributed by atoms with Crippen LogP contribution in [0.2, 0.25) is 0 Å². The minimum atomic E-state index is -2.91. The minimum Gasteiger partial charge on any atom is -0.444 e. The molecule has 0 aromatic heterocycles. The van der Waals surface area contributed by atoms with Gasteiger partial charge in [-0.05, 0) is 52.9 Å². The van der Waals surface area contributed by atoms with Crippen molar-refractivity contribution in [2.75, 3.05) is 18.1 Å². The molecule has 1 amide bonds. The van der Waals surface area contributed by atoms with Crippen molar-refractivity contribution in [3.05, 3.63) is 0 Å². The summed E-state index contributed by atoms with van der Waals surface area (Å²) in [5.74, 6) is 0.801. The molecule has 1 saturated heterocycles. The van der Waals surface area contributed by atoms with Gasteiger partial charge in [0, 0.05) is 18.1 Å². The fraction of sp³-hybridized carbons (Fsp3) is 0.938. The van der Waals surface area contributed by atoms with E-state index in [2.05, 4.69) is 10.6 Å². The average molecular weight is 346 g/mol. The number of carbonyl (C=O) groups is 1. The van der Waals surface area contributed by atoms with Gasteiger partial charge in [0.15, 0.2) is 9.84 Å². The average Bonchev–Trinajstić information content (AvgIpc) is 2.89. The highest BCUT2D eigenvalue weighted by Crippen LogP contribution is 2.30. The Hall–Kier alpha value is -0.820. The molecule has 1 aliphatic heterocycles. The Morgan fingerprint density at radius 2 is 2.00 bits per heavy atom. The van der Waals surface area contributed by atoms with Crippen LogP contribution in [0.3, 0.4) is 0 Å². The molecule has 23 heavy (non-hydrogen) atoms. The van der Waals surface area contributed by atoms with Gasteiger partial charge in [-0.3, -0.25) is 0 Å². The lowest BCUT2D eigenvalue weighted by atomic mass is 9.96. The zero-order valence-electron chi connectivity index (χ0n) is 14.6. The van der Waals surface area contributed by atoms with Gasteiger partial charge < -0.3 is 15.4 Å². The summed E-state index contributed by atoms with van der Waals surface area (Å²) in [6, 6.07) is 0.253. The van der Waals surface area contributed by atoms with Gasteiger partial charge >= 0.3 is 6.09 Å². The SMILES string of the molecule is CC1(NC2CCCC2CNC(=O)OC(C)(C)C)CCS(=O)(=O)C1. The van der Waals surface area contributed by atoms with Crippen LogP contribution in [0, 0.1) is 5.92 Å². The van der Waals surface area contributed by atoms with E-state index < -0.39 is 21.5 Å². The fourth-order valence-electron chi connectivity index (χ4n) is 3.57. The molecule has 2 fully saturated rings. The van der Waals surface area contributed by atoms with Crippen LogP contribution in [-0.4, -0.2) is 49.7 Å². The van der Waals surface area contributed by atoms with Gasteiger partial charge in [0.05, 0.1) is 11.5 Å². The molecule has 2 aliphatic rings. The molecule has 0 aromatic rings. The number of amides is 1. The van der Waals surface area contributed by atoms with Crippen molar-refractivity contribution in [1.82, 2.24) is 10.6 Å². The molecule has 7 heteroatoms. The quantitative estimate of drug-likeness (QED) is 0.811. The molecule has 0 bridgehead atoms. The van der Waals surface area contributed by atoms with Crippen molar-refractivity contribution in [3.8, 4) is 0 Å². The largest absolute Gasteiger partial charge is 0.444 e. The summed E-state index contributed by atoms with van der Waals surface area (Å²) >= 11 is 0. The second-order valence-corrected chi connectivity index (χ2v) is 10.4. The molecule has 1 saturated carbocycles. The lowest BCUT2D eigenvalue weighted by Crippen LogP contribution is -2.52. The van der Waals surface area contributed by atoms with Crippen LogP contribution in [0.4, 0.5) is 4.79 Å². The predicted molar refractivity (Wildman–Crippen MR) is 90.2 cm³/mol. The van der Waals surface area contributed by atoms with Crippen LogP contribution in [0.25, 0.3) is 0 Å². The van der Waals surface area contributed by atoms with E-state index in [1.807, 2.05) is 27.7 Å². The molecule has 1 aliphatic carbocycles. The Bertz CT molecular complexity index is 541. The third-order valence-corrected chi connectivity index (χ3v) is 6.51. The van der Waals surface area contributed by atoms with Gasteiger partial charge in [-0.1, -0.05) is 6.42 Å². The summed E-state index contributed by atoms with van der Waals surface area (Å²) in [5.41, 5.74) is -0.832. The third kappa shape index (κ3) is 5.64. The molecule has 3 unspecified atom stereocenters. The van der Waals surface area contributed by atoms with E-state index in [4.69, 9.17) is 4.74 Å². The van der Waals surface area contributed by atoms with Gasteiger partial charge in [-0.15, -0.1) is 0 Å². The van der Waals surface area contributed by atoms with Crippen LogP contribution in [0.5, 0.6) is 0 Å². The smallest absolute Gasteiger partial charge is 0.407 e. The molecule has 2 rings (SSSR count). The molecule has 2 N–H and O–H groups in total. The third-order valence-electron chi connectivity index (χ3n) is 4.60. The second-order valence-electron chi connectivity index (χ2n) is 8.23. The summed E-state index contributed by atoms with van der Waals surface area (Å²) in [6.07, 6.45) is 3.43. The lowest BCUT2D eigenvalue weighted by molar-refractivity contribution is 0.0516. The number of carbonyl (C=O) groups excluding carboxylic acids is 1. The van der Waals surface area contributed by atoms with E-state index in [0.717, 1.165) is 19.3 Å². The standard InChI is InChI=1S/C16H30N2O4S/c1-15(2,3)22-14(19)17-10-12-6-5-7-13(12)18-16(4)8-9-23(20,21)11-16/h12-13,18H,5-11H2,1-4H3,(H,17,19). The summed E-state index contributed by atoms with van der Waals surface area (Å²) in [6.45, 7) is 8.08. The normalized spacial score (nSPS) is 33.6. The van der Waals surface area contributed by atoms with E-state index in [9.17, 15) is 13.2 Å². The van der Waals surface area contributed by atoms with Crippen LogP contribution in [-0.2, 0) is 14.6 Å². The summed E-state index contributed by atoms with van der Waals surface area (Å²) < 4.78 is 28.7. The van der Waals surface area contributed by atoms with E-state index in [1.165, 1.54) is 0 Å². The van der Waals surface area contributed by atoms with Crippen molar-refractivity contribution in [1.29, 1.82) is 0 Å². The van der Waals surface area contributed by atoms with Gasteiger partial charge in [0.1, 0.15) is 5.60 Å². The highest BCUT2D eigenvalue weighted by Gasteiger charge is 2.41. The first-order chi connectivity index (χ1) is 10.5. The molecule has 1 heterocycles. The van der Waals surface area contributed by atoms with Crippen molar-refractivity contribution >= 4 is 15.9 Å². The minimum absolute atomic E-state index is 0.211. The topological polar surface area (TPSA) is 84.5 Å². The number of rotatable bonds is 4. The molecule has 0 aromatic carbocycles. The Kier molecular flexibility index (Phi) is 5.31. The second kappa shape index (κ2) is 6.59. The number of alkyl carbamates (subject to hydrolysis) is 1. The number of nitrogens with one attached hydrogen (secondary N) is 2. The van der Waals surface area contributed by atoms with Crippen molar-refractivity contribution in [2.24, 2.45) is 5.92 Å². The summed E-state index contributed by atoms with van der Waals surface area (Å²) in [5, 5.41) is 6.41. The predicted octanol–water partition coefficient (Wildman–Crippen LogP) is 1.85. The molecular weight excluding hydrogens is 316 g/mol.